The van der Waals surface area contributed by atoms with Gasteiger partial charge in [-0.05, 0) is 64.2 Å². The molecule has 0 heterocycles. The number of rotatable bonds is 43. The second kappa shape index (κ2) is 42.6. The first-order valence-corrected chi connectivity index (χ1v) is 25.1. The number of carbonyl (C=O) groups is 1. The number of unbranched alkanes of at least 4 members (excludes halogenated alkanes) is 17. The fourth-order valence-electron chi connectivity index (χ4n) is 6.14. The number of quaternary nitrogens is 1. The van der Waals surface area contributed by atoms with Crippen molar-refractivity contribution in [2.24, 2.45) is 0 Å². The number of carbonyl (C=O) groups excluding carboxylic acids is 1. The summed E-state index contributed by atoms with van der Waals surface area (Å²) in [5.41, 5.74) is 0. The van der Waals surface area contributed by atoms with Gasteiger partial charge in [0, 0.05) is 13.0 Å². The first kappa shape index (κ1) is 56.9. The average molecular weight is 848 g/mol. The smallest absolute Gasteiger partial charge is 0.306 e. The minimum atomic E-state index is -4.54. The van der Waals surface area contributed by atoms with Crippen LogP contribution in [0.3, 0.4) is 0 Å². The molecule has 9 heteroatoms. The molecule has 0 bridgehead atoms. The Balaban J connectivity index is 4.30. The predicted molar refractivity (Wildman–Crippen MR) is 249 cm³/mol. The predicted octanol–water partition coefficient (Wildman–Crippen LogP) is 13.6. The molecule has 0 fully saturated rings. The molecule has 0 rings (SSSR count). The van der Waals surface area contributed by atoms with Gasteiger partial charge in [0.1, 0.15) is 19.3 Å². The molecule has 0 N–H and O–H groups in total. The molecule has 0 aromatic heterocycles. The SMILES string of the molecule is CC/C=C\C/C=C\C/C=C\C/C=C\C/C=C\C/C=C\CCCCC(=O)OC(COCCCCCCCCCCCCCCCCCC)COP(=O)([O-])OCC[N+](C)(C)C. The highest BCUT2D eigenvalue weighted by atomic mass is 31.2. The van der Waals surface area contributed by atoms with Crippen molar-refractivity contribution in [3.63, 3.8) is 0 Å². The van der Waals surface area contributed by atoms with E-state index in [0.29, 0.717) is 24.1 Å². The van der Waals surface area contributed by atoms with Crippen LogP contribution in [0.2, 0.25) is 0 Å². The third kappa shape index (κ3) is 46.9. The van der Waals surface area contributed by atoms with Gasteiger partial charge in [0.15, 0.2) is 0 Å². The number of allylic oxidation sites excluding steroid dienone is 12. The molecule has 0 aliphatic heterocycles. The second-order valence-electron chi connectivity index (χ2n) is 16.7. The van der Waals surface area contributed by atoms with E-state index in [2.05, 4.69) is 86.8 Å². The summed E-state index contributed by atoms with van der Waals surface area (Å²) < 4.78 is 34.6. The number of hydrogen-bond donors (Lipinski definition) is 0. The summed E-state index contributed by atoms with van der Waals surface area (Å²) >= 11 is 0. The molecule has 0 aromatic rings. The van der Waals surface area contributed by atoms with Crippen LogP contribution in [0.1, 0.15) is 181 Å². The Bertz CT molecular complexity index is 1170. The molecule has 2 atom stereocenters. The van der Waals surface area contributed by atoms with Gasteiger partial charge in [0.25, 0.3) is 7.82 Å². The van der Waals surface area contributed by atoms with Crippen LogP contribution in [-0.2, 0) is 27.9 Å². The zero-order valence-electron chi connectivity index (χ0n) is 38.7. The van der Waals surface area contributed by atoms with E-state index < -0.39 is 13.9 Å². The summed E-state index contributed by atoms with van der Waals surface area (Å²) in [6.45, 7) is 5.24. The molecule has 0 aliphatic carbocycles. The van der Waals surface area contributed by atoms with Crippen LogP contribution in [-0.4, -0.2) is 70.7 Å². The maximum atomic E-state index is 12.7. The zero-order valence-corrected chi connectivity index (χ0v) is 39.6. The normalized spacial score (nSPS) is 14.3. The standard InChI is InChI=1S/C50H90NO7P/c1-6-8-10-12-14-16-18-20-22-24-25-26-27-28-29-31-33-35-37-39-41-43-50(52)58-49(48-57-59(53,54)56-46-44-51(3,4)5)47-55-45-42-40-38-36-34-32-30-23-21-19-17-15-13-11-9-7-2/h8,10,14,16,20,22,25-26,28-29,33,35,49H,6-7,9,11-13,15,17-19,21,23-24,27,30-32,34,36-48H2,1-5H3/b10-8-,16-14-,22-20-,26-25-,29-28-,35-33-. The van der Waals surface area contributed by atoms with Gasteiger partial charge >= 0.3 is 5.97 Å². The summed E-state index contributed by atoms with van der Waals surface area (Å²) in [6, 6.07) is 0. The molecule has 0 amide bonds. The van der Waals surface area contributed by atoms with Crippen molar-refractivity contribution in [2.75, 3.05) is 54.1 Å². The highest BCUT2D eigenvalue weighted by Crippen LogP contribution is 2.38. The van der Waals surface area contributed by atoms with Crippen molar-refractivity contribution < 1.29 is 37.3 Å². The molecule has 342 valence electrons. The van der Waals surface area contributed by atoms with Crippen LogP contribution in [0.15, 0.2) is 72.9 Å². The molecular weight excluding hydrogens is 758 g/mol. The van der Waals surface area contributed by atoms with Gasteiger partial charge in [0.05, 0.1) is 34.4 Å². The Morgan fingerprint density at radius 3 is 1.44 bits per heavy atom. The van der Waals surface area contributed by atoms with E-state index in [1.807, 2.05) is 21.1 Å². The monoisotopic (exact) mass is 848 g/mol. The highest BCUT2D eigenvalue weighted by molar-refractivity contribution is 7.45. The van der Waals surface area contributed by atoms with Gasteiger partial charge in [0.2, 0.25) is 0 Å². The Hall–Kier alpha value is -2.06. The quantitative estimate of drug-likeness (QED) is 0.0198. The zero-order chi connectivity index (χ0) is 43.4. The number of esters is 1. The number of phosphoric ester groups is 1. The maximum Gasteiger partial charge on any atom is 0.306 e. The largest absolute Gasteiger partial charge is 0.756 e. The topological polar surface area (TPSA) is 94.1 Å². The van der Waals surface area contributed by atoms with Crippen molar-refractivity contribution >= 4 is 13.8 Å². The highest BCUT2D eigenvalue weighted by Gasteiger charge is 2.20. The first-order valence-electron chi connectivity index (χ1n) is 23.7. The molecule has 0 spiro atoms. The third-order valence-electron chi connectivity index (χ3n) is 9.77. The minimum absolute atomic E-state index is 0.0151. The first-order chi connectivity index (χ1) is 28.6. The molecule has 0 saturated carbocycles. The van der Waals surface area contributed by atoms with E-state index in [1.165, 1.54) is 89.9 Å². The van der Waals surface area contributed by atoms with E-state index in [0.717, 1.165) is 64.2 Å². The van der Waals surface area contributed by atoms with Crippen molar-refractivity contribution in [3.05, 3.63) is 72.9 Å². The lowest BCUT2D eigenvalue weighted by atomic mass is 10.0. The summed E-state index contributed by atoms with van der Waals surface area (Å²) in [7, 11) is 1.32. The lowest BCUT2D eigenvalue weighted by Crippen LogP contribution is -2.37. The van der Waals surface area contributed by atoms with Crippen molar-refractivity contribution in [1.29, 1.82) is 0 Å². The van der Waals surface area contributed by atoms with Crippen molar-refractivity contribution in [3.8, 4) is 0 Å². The van der Waals surface area contributed by atoms with Crippen LogP contribution in [0.25, 0.3) is 0 Å². The summed E-state index contributed by atoms with van der Waals surface area (Å²) in [5, 5.41) is 0. The van der Waals surface area contributed by atoms with Gasteiger partial charge in [-0.15, -0.1) is 0 Å². The third-order valence-corrected chi connectivity index (χ3v) is 10.7. The molecule has 0 aliphatic rings. The summed E-state index contributed by atoms with van der Waals surface area (Å²) in [5.74, 6) is -0.376. The Kier molecular flexibility index (Phi) is 41.1. The van der Waals surface area contributed by atoms with Crippen LogP contribution >= 0.6 is 7.82 Å². The Morgan fingerprint density at radius 2 is 0.983 bits per heavy atom. The lowest BCUT2D eigenvalue weighted by Gasteiger charge is -2.28. The van der Waals surface area contributed by atoms with E-state index in [1.54, 1.807) is 0 Å². The molecule has 0 saturated heterocycles. The van der Waals surface area contributed by atoms with Gasteiger partial charge < -0.3 is 27.9 Å². The molecule has 0 aromatic carbocycles. The van der Waals surface area contributed by atoms with E-state index in [9.17, 15) is 14.3 Å². The average Bonchev–Trinajstić information content (AvgIpc) is 3.19. The number of likely N-dealkylation sites (N-methyl/N-ethyl adjacent to an activating group) is 1. The van der Waals surface area contributed by atoms with Gasteiger partial charge in [-0.2, -0.15) is 0 Å². The summed E-state index contributed by atoms with van der Waals surface area (Å²) in [4.78, 5) is 25.1. The van der Waals surface area contributed by atoms with Crippen LogP contribution in [0.5, 0.6) is 0 Å². The van der Waals surface area contributed by atoms with Gasteiger partial charge in [-0.3, -0.25) is 9.36 Å². The van der Waals surface area contributed by atoms with Gasteiger partial charge in [-0.25, -0.2) is 0 Å². The molecular formula is C50H90NO7P. The number of phosphoric acid groups is 1. The fraction of sp³-hybridized carbons (Fsp3) is 0.740. The summed E-state index contributed by atoms with van der Waals surface area (Å²) in [6.07, 6.45) is 54.9. The molecule has 59 heavy (non-hydrogen) atoms. The molecule has 2 unspecified atom stereocenters. The Labute approximate surface area is 363 Å². The van der Waals surface area contributed by atoms with Crippen LogP contribution in [0, 0.1) is 0 Å². The number of hydrogen-bond acceptors (Lipinski definition) is 7. The number of nitrogens with zero attached hydrogens (tertiary/aromatic N) is 1. The Morgan fingerprint density at radius 1 is 0.542 bits per heavy atom. The number of ether oxygens (including phenoxy) is 2. The maximum absolute atomic E-state index is 12.7. The van der Waals surface area contributed by atoms with Crippen molar-refractivity contribution in [1.82, 2.24) is 0 Å². The van der Waals surface area contributed by atoms with Gasteiger partial charge in [-0.1, -0.05) is 183 Å². The lowest BCUT2D eigenvalue weighted by molar-refractivity contribution is -0.870. The second-order valence-corrected chi connectivity index (χ2v) is 18.2. The van der Waals surface area contributed by atoms with E-state index in [4.69, 9.17) is 18.5 Å². The molecule has 8 nitrogen and oxygen atoms in total. The molecule has 0 radical (unpaired) electrons. The van der Waals surface area contributed by atoms with E-state index in [-0.39, 0.29) is 32.2 Å². The van der Waals surface area contributed by atoms with Crippen molar-refractivity contribution in [2.45, 2.75) is 187 Å². The van der Waals surface area contributed by atoms with Crippen LogP contribution in [0.4, 0.5) is 0 Å². The minimum Gasteiger partial charge on any atom is -0.756 e. The van der Waals surface area contributed by atoms with Crippen LogP contribution < -0.4 is 4.89 Å². The van der Waals surface area contributed by atoms with E-state index >= 15 is 0 Å². The fourth-order valence-corrected chi connectivity index (χ4v) is 6.87.